The van der Waals surface area contributed by atoms with Crippen molar-refractivity contribution in [3.8, 4) is 0 Å². The molecule has 2 aromatic heterocycles. The van der Waals surface area contributed by atoms with Gasteiger partial charge >= 0.3 is 0 Å². The fourth-order valence-corrected chi connectivity index (χ4v) is 3.15. The topological polar surface area (TPSA) is 106 Å². The predicted octanol–water partition coefficient (Wildman–Crippen LogP) is 0.207. The molecule has 0 radical (unpaired) electrons. The van der Waals surface area contributed by atoms with Gasteiger partial charge in [0.15, 0.2) is 12.4 Å². The second-order valence-corrected chi connectivity index (χ2v) is 5.69. The Morgan fingerprint density at radius 1 is 1.50 bits per heavy atom. The van der Waals surface area contributed by atoms with Crippen LogP contribution >= 0.6 is 22.6 Å². The SMILES string of the molecule is Nc1ncnc2c1c(I)cn2[C@@H]1O[C@H](CO)[C@@H](O)[C@H]1F. The van der Waals surface area contributed by atoms with Crippen LogP contribution in [0.3, 0.4) is 0 Å². The number of anilines is 1. The van der Waals surface area contributed by atoms with E-state index in [0.29, 0.717) is 16.9 Å². The summed E-state index contributed by atoms with van der Waals surface area (Å²) in [6, 6.07) is 0. The zero-order chi connectivity index (χ0) is 14.4. The van der Waals surface area contributed by atoms with E-state index in [1.807, 2.05) is 22.6 Å². The highest BCUT2D eigenvalue weighted by Crippen LogP contribution is 2.36. The Morgan fingerprint density at radius 3 is 2.90 bits per heavy atom. The fraction of sp³-hybridized carbons (Fsp3) is 0.455. The molecular formula is C11H12FIN4O3. The number of nitrogens with zero attached hydrogens (tertiary/aromatic N) is 3. The largest absolute Gasteiger partial charge is 0.394 e. The standard InChI is InChI=1S/C11H12FIN4O3/c12-7-8(19)5(2-18)20-11(7)17-1-4(13)6-9(14)15-3-16-10(6)17/h1,3,5,7-8,11,18-19H,2H2,(H2,14,15,16)/t5-,7-,8-,11-/m1/s1. The van der Waals surface area contributed by atoms with Gasteiger partial charge in [0.05, 0.1) is 12.0 Å². The molecule has 4 atom stereocenters. The highest BCUT2D eigenvalue weighted by Gasteiger charge is 2.45. The van der Waals surface area contributed by atoms with E-state index in [1.54, 1.807) is 6.20 Å². The number of hydrogen-bond acceptors (Lipinski definition) is 6. The molecule has 1 aliphatic rings. The minimum Gasteiger partial charge on any atom is -0.394 e. The van der Waals surface area contributed by atoms with E-state index in [1.165, 1.54) is 10.9 Å². The van der Waals surface area contributed by atoms with Gasteiger partial charge in [-0.15, -0.1) is 0 Å². The van der Waals surface area contributed by atoms with E-state index < -0.39 is 31.2 Å². The van der Waals surface area contributed by atoms with E-state index in [-0.39, 0.29) is 0 Å². The average Bonchev–Trinajstić information content (AvgIpc) is 2.90. The first-order valence-corrected chi connectivity index (χ1v) is 6.97. The normalized spacial score (nSPS) is 30.2. The number of nitrogens with two attached hydrogens (primary N) is 1. The fourth-order valence-electron chi connectivity index (χ4n) is 2.33. The Labute approximate surface area is 126 Å². The van der Waals surface area contributed by atoms with E-state index in [9.17, 15) is 9.50 Å². The lowest BCUT2D eigenvalue weighted by Crippen LogP contribution is -2.30. The van der Waals surface area contributed by atoms with Crippen LogP contribution in [0.2, 0.25) is 0 Å². The molecule has 7 nitrogen and oxygen atoms in total. The van der Waals surface area contributed by atoms with Crippen LogP contribution in [0.1, 0.15) is 6.23 Å². The third kappa shape index (κ3) is 1.96. The van der Waals surface area contributed by atoms with Gasteiger partial charge in [-0.25, -0.2) is 14.4 Å². The highest BCUT2D eigenvalue weighted by atomic mass is 127. The second kappa shape index (κ2) is 5.06. The molecule has 0 spiro atoms. The van der Waals surface area contributed by atoms with Crippen LogP contribution in [-0.4, -0.2) is 49.7 Å². The smallest absolute Gasteiger partial charge is 0.173 e. The Balaban J connectivity index is 2.10. The number of rotatable bonds is 2. The van der Waals surface area contributed by atoms with Gasteiger partial charge in [-0.2, -0.15) is 0 Å². The van der Waals surface area contributed by atoms with E-state index in [0.717, 1.165) is 3.57 Å². The predicted molar refractivity (Wildman–Crippen MR) is 76.6 cm³/mol. The maximum Gasteiger partial charge on any atom is 0.173 e. The molecule has 0 bridgehead atoms. The van der Waals surface area contributed by atoms with Crippen molar-refractivity contribution in [3.63, 3.8) is 0 Å². The maximum atomic E-state index is 14.2. The summed E-state index contributed by atoms with van der Waals surface area (Å²) < 4.78 is 21.8. The molecule has 1 aliphatic heterocycles. The lowest BCUT2D eigenvalue weighted by molar-refractivity contribution is -0.0457. The highest BCUT2D eigenvalue weighted by molar-refractivity contribution is 14.1. The number of aromatic nitrogens is 3. The number of nitrogen functional groups attached to an aromatic ring is 1. The monoisotopic (exact) mass is 394 g/mol. The van der Waals surface area contributed by atoms with Gasteiger partial charge < -0.3 is 25.3 Å². The second-order valence-electron chi connectivity index (χ2n) is 4.52. The number of hydrogen-bond donors (Lipinski definition) is 3. The molecular weight excluding hydrogens is 382 g/mol. The van der Waals surface area contributed by atoms with Gasteiger partial charge in [-0.05, 0) is 22.6 Å². The molecule has 0 unspecified atom stereocenters. The van der Waals surface area contributed by atoms with Crippen LogP contribution < -0.4 is 5.73 Å². The van der Waals surface area contributed by atoms with Gasteiger partial charge in [0, 0.05) is 9.77 Å². The van der Waals surface area contributed by atoms with Crippen molar-refractivity contribution >= 4 is 39.4 Å². The molecule has 1 saturated heterocycles. The summed E-state index contributed by atoms with van der Waals surface area (Å²) in [6.45, 7) is -0.453. The molecule has 9 heteroatoms. The molecule has 4 N–H and O–H groups in total. The first-order chi connectivity index (χ1) is 9.54. The average molecular weight is 394 g/mol. The first-order valence-electron chi connectivity index (χ1n) is 5.89. The van der Waals surface area contributed by atoms with Gasteiger partial charge in [0.2, 0.25) is 0 Å². The van der Waals surface area contributed by atoms with Crippen molar-refractivity contribution in [2.75, 3.05) is 12.3 Å². The lowest BCUT2D eigenvalue weighted by atomic mass is 10.1. The van der Waals surface area contributed by atoms with Gasteiger partial charge in [0.25, 0.3) is 0 Å². The molecule has 3 rings (SSSR count). The lowest BCUT2D eigenvalue weighted by Gasteiger charge is -2.15. The summed E-state index contributed by atoms with van der Waals surface area (Å²) in [5, 5.41) is 19.4. The van der Waals surface area contributed by atoms with Crippen molar-refractivity contribution < 1.29 is 19.3 Å². The van der Waals surface area contributed by atoms with Gasteiger partial charge in [0.1, 0.15) is 30.0 Å². The van der Waals surface area contributed by atoms with Crippen molar-refractivity contribution in [3.05, 3.63) is 16.1 Å². The summed E-state index contributed by atoms with van der Waals surface area (Å²) in [5.41, 5.74) is 6.22. The zero-order valence-corrected chi connectivity index (χ0v) is 12.3. The molecule has 0 saturated carbocycles. The third-order valence-electron chi connectivity index (χ3n) is 3.34. The number of fused-ring (bicyclic) bond motifs is 1. The van der Waals surface area contributed by atoms with E-state index in [4.69, 9.17) is 15.6 Å². The Kier molecular flexibility index (Phi) is 3.52. The number of aliphatic hydroxyl groups is 2. The molecule has 20 heavy (non-hydrogen) atoms. The first kappa shape index (κ1) is 13.9. The summed E-state index contributed by atoms with van der Waals surface area (Å²) in [7, 11) is 0. The quantitative estimate of drug-likeness (QED) is 0.629. The maximum absolute atomic E-state index is 14.2. The number of halogens is 2. The molecule has 0 aliphatic carbocycles. The molecule has 2 aromatic rings. The van der Waals surface area contributed by atoms with E-state index in [2.05, 4.69) is 9.97 Å². The van der Waals surface area contributed by atoms with Gasteiger partial charge in [-0.3, -0.25) is 0 Å². The summed E-state index contributed by atoms with van der Waals surface area (Å²) in [4.78, 5) is 7.99. The Hall–Kier alpha value is -1.04. The minimum atomic E-state index is -1.66. The van der Waals surface area contributed by atoms with Crippen LogP contribution in [0.25, 0.3) is 11.0 Å². The molecule has 0 aromatic carbocycles. The number of ether oxygens (including phenoxy) is 1. The van der Waals surface area contributed by atoms with Gasteiger partial charge in [-0.1, -0.05) is 0 Å². The number of alkyl halides is 1. The summed E-state index contributed by atoms with van der Waals surface area (Å²) in [5.74, 6) is 0.297. The van der Waals surface area contributed by atoms with Crippen LogP contribution in [0, 0.1) is 3.57 Å². The van der Waals surface area contributed by atoms with Crippen molar-refractivity contribution in [2.24, 2.45) is 0 Å². The van der Waals surface area contributed by atoms with Crippen LogP contribution in [0.5, 0.6) is 0 Å². The molecule has 0 amide bonds. The molecule has 1 fully saturated rings. The minimum absolute atomic E-state index is 0.297. The summed E-state index contributed by atoms with van der Waals surface area (Å²) >= 11 is 2.05. The zero-order valence-electron chi connectivity index (χ0n) is 10.1. The van der Waals surface area contributed by atoms with Crippen molar-refractivity contribution in [1.82, 2.24) is 14.5 Å². The third-order valence-corrected chi connectivity index (χ3v) is 4.16. The molecule has 3 heterocycles. The molecule has 108 valence electrons. The Bertz CT molecular complexity index is 652. The van der Waals surface area contributed by atoms with Crippen LogP contribution in [-0.2, 0) is 4.74 Å². The van der Waals surface area contributed by atoms with E-state index >= 15 is 0 Å². The Morgan fingerprint density at radius 2 is 2.25 bits per heavy atom. The van der Waals surface area contributed by atoms with Crippen LogP contribution in [0.4, 0.5) is 10.2 Å². The summed E-state index contributed by atoms with van der Waals surface area (Å²) in [6.07, 6.45) is -2.12. The van der Waals surface area contributed by atoms with Crippen molar-refractivity contribution in [2.45, 2.75) is 24.6 Å². The van der Waals surface area contributed by atoms with Crippen molar-refractivity contribution in [1.29, 1.82) is 0 Å². The number of aliphatic hydroxyl groups excluding tert-OH is 2. The van der Waals surface area contributed by atoms with Crippen LogP contribution in [0.15, 0.2) is 12.5 Å².